The van der Waals surface area contributed by atoms with Crippen LogP contribution in [0.1, 0.15) is 11.5 Å². The SMILES string of the molecule is COc1ccc(OCCN(Cc2ccco2)Cc2ccco2)cc1. The lowest BCUT2D eigenvalue weighted by Crippen LogP contribution is -2.27. The first-order valence-electron chi connectivity index (χ1n) is 7.87. The van der Waals surface area contributed by atoms with Gasteiger partial charge in [-0.3, -0.25) is 4.90 Å². The summed E-state index contributed by atoms with van der Waals surface area (Å²) in [4.78, 5) is 2.22. The van der Waals surface area contributed by atoms with Crippen LogP contribution in [0.5, 0.6) is 11.5 Å². The van der Waals surface area contributed by atoms with E-state index in [1.807, 2.05) is 48.5 Å². The van der Waals surface area contributed by atoms with E-state index in [1.165, 1.54) is 0 Å². The second kappa shape index (κ2) is 8.26. The van der Waals surface area contributed by atoms with Gasteiger partial charge in [0.2, 0.25) is 0 Å². The number of methoxy groups -OCH3 is 1. The highest BCUT2D eigenvalue weighted by molar-refractivity contribution is 5.31. The van der Waals surface area contributed by atoms with Gasteiger partial charge in [-0.2, -0.15) is 0 Å². The smallest absolute Gasteiger partial charge is 0.119 e. The van der Waals surface area contributed by atoms with Gasteiger partial charge in [0.15, 0.2) is 0 Å². The largest absolute Gasteiger partial charge is 0.497 e. The molecule has 1 aromatic carbocycles. The fourth-order valence-electron chi connectivity index (χ4n) is 2.42. The third-order valence-electron chi connectivity index (χ3n) is 3.65. The Hall–Kier alpha value is -2.66. The molecule has 126 valence electrons. The monoisotopic (exact) mass is 327 g/mol. The van der Waals surface area contributed by atoms with Gasteiger partial charge in [-0.05, 0) is 48.5 Å². The van der Waals surface area contributed by atoms with Crippen molar-refractivity contribution in [1.29, 1.82) is 0 Å². The van der Waals surface area contributed by atoms with Gasteiger partial charge >= 0.3 is 0 Å². The Labute approximate surface area is 141 Å². The Balaban J connectivity index is 1.54. The molecule has 0 saturated carbocycles. The van der Waals surface area contributed by atoms with Crippen LogP contribution in [-0.4, -0.2) is 25.2 Å². The quantitative estimate of drug-likeness (QED) is 0.595. The maximum atomic E-state index is 5.82. The molecule has 0 amide bonds. The molecule has 0 atom stereocenters. The Kier molecular flexibility index (Phi) is 5.58. The molecule has 2 heterocycles. The van der Waals surface area contributed by atoms with Crippen molar-refractivity contribution in [2.45, 2.75) is 13.1 Å². The molecule has 5 heteroatoms. The van der Waals surface area contributed by atoms with Crippen molar-refractivity contribution in [2.75, 3.05) is 20.3 Å². The van der Waals surface area contributed by atoms with E-state index in [0.717, 1.165) is 29.6 Å². The molecule has 0 aliphatic carbocycles. The summed E-state index contributed by atoms with van der Waals surface area (Å²) >= 11 is 0. The van der Waals surface area contributed by atoms with Crippen LogP contribution in [0.2, 0.25) is 0 Å². The molecule has 5 nitrogen and oxygen atoms in total. The summed E-state index contributed by atoms with van der Waals surface area (Å²) in [5.41, 5.74) is 0. The minimum absolute atomic E-state index is 0.577. The molecule has 0 bridgehead atoms. The first kappa shape index (κ1) is 16.2. The van der Waals surface area contributed by atoms with Gasteiger partial charge < -0.3 is 18.3 Å². The van der Waals surface area contributed by atoms with Gasteiger partial charge in [0.1, 0.15) is 29.6 Å². The number of nitrogens with zero attached hydrogens (tertiary/aromatic N) is 1. The number of hydrogen-bond donors (Lipinski definition) is 0. The normalized spacial score (nSPS) is 10.9. The molecule has 0 aliphatic rings. The molecule has 0 fully saturated rings. The number of rotatable bonds is 9. The van der Waals surface area contributed by atoms with E-state index >= 15 is 0 Å². The average Bonchev–Trinajstić information content (AvgIpc) is 3.29. The molecule has 24 heavy (non-hydrogen) atoms. The van der Waals surface area contributed by atoms with E-state index in [9.17, 15) is 0 Å². The van der Waals surface area contributed by atoms with Crippen LogP contribution in [0.15, 0.2) is 69.9 Å². The van der Waals surface area contributed by atoms with Gasteiger partial charge in [-0.25, -0.2) is 0 Å². The number of benzene rings is 1. The van der Waals surface area contributed by atoms with Crippen molar-refractivity contribution in [2.24, 2.45) is 0 Å². The predicted molar refractivity (Wildman–Crippen MR) is 90.0 cm³/mol. The van der Waals surface area contributed by atoms with Crippen LogP contribution >= 0.6 is 0 Å². The molecule has 0 unspecified atom stereocenters. The summed E-state index contributed by atoms with van der Waals surface area (Å²) in [6.45, 7) is 2.75. The lowest BCUT2D eigenvalue weighted by Gasteiger charge is -2.20. The predicted octanol–water partition coefficient (Wildman–Crippen LogP) is 3.96. The molecule has 2 aromatic heterocycles. The fourth-order valence-corrected chi connectivity index (χ4v) is 2.42. The highest BCUT2D eigenvalue weighted by Crippen LogP contribution is 2.17. The second-order valence-electron chi connectivity index (χ2n) is 5.39. The Morgan fingerprint density at radius 1 is 0.833 bits per heavy atom. The lowest BCUT2D eigenvalue weighted by molar-refractivity contribution is 0.175. The van der Waals surface area contributed by atoms with Crippen LogP contribution in [0.4, 0.5) is 0 Å². The number of ether oxygens (including phenoxy) is 2. The molecule has 0 aliphatic heterocycles. The van der Waals surface area contributed by atoms with E-state index in [4.69, 9.17) is 18.3 Å². The lowest BCUT2D eigenvalue weighted by atomic mass is 10.3. The molecule has 3 rings (SSSR count). The van der Waals surface area contributed by atoms with Crippen LogP contribution < -0.4 is 9.47 Å². The molecule has 0 spiro atoms. The minimum Gasteiger partial charge on any atom is -0.497 e. The molecule has 0 N–H and O–H groups in total. The second-order valence-corrected chi connectivity index (χ2v) is 5.39. The number of hydrogen-bond acceptors (Lipinski definition) is 5. The highest BCUT2D eigenvalue weighted by Gasteiger charge is 2.11. The van der Waals surface area contributed by atoms with E-state index < -0.39 is 0 Å². The van der Waals surface area contributed by atoms with Gasteiger partial charge in [0, 0.05) is 6.54 Å². The Morgan fingerprint density at radius 2 is 1.42 bits per heavy atom. The summed E-state index contributed by atoms with van der Waals surface area (Å²) in [5.74, 6) is 3.49. The molecule has 0 saturated heterocycles. The zero-order valence-corrected chi connectivity index (χ0v) is 13.7. The maximum Gasteiger partial charge on any atom is 0.119 e. The summed E-state index contributed by atoms with van der Waals surface area (Å²) < 4.78 is 21.9. The maximum absolute atomic E-state index is 5.82. The van der Waals surface area contributed by atoms with Gasteiger partial charge in [0.05, 0.1) is 32.7 Å². The van der Waals surface area contributed by atoms with Gasteiger partial charge in [-0.15, -0.1) is 0 Å². The minimum atomic E-state index is 0.577. The zero-order chi connectivity index (χ0) is 16.6. The first-order valence-corrected chi connectivity index (χ1v) is 7.87. The number of furan rings is 2. The first-order chi connectivity index (χ1) is 11.8. The zero-order valence-electron chi connectivity index (χ0n) is 13.7. The van der Waals surface area contributed by atoms with Crippen molar-refractivity contribution in [3.8, 4) is 11.5 Å². The third-order valence-corrected chi connectivity index (χ3v) is 3.65. The van der Waals surface area contributed by atoms with Crippen molar-refractivity contribution < 1.29 is 18.3 Å². The highest BCUT2D eigenvalue weighted by atomic mass is 16.5. The molecular formula is C19H21NO4. The molecular weight excluding hydrogens is 306 g/mol. The van der Waals surface area contributed by atoms with Gasteiger partial charge in [0.25, 0.3) is 0 Å². The summed E-state index contributed by atoms with van der Waals surface area (Å²) in [6.07, 6.45) is 3.38. The van der Waals surface area contributed by atoms with E-state index in [0.29, 0.717) is 19.7 Å². The molecule has 3 aromatic rings. The average molecular weight is 327 g/mol. The Bertz CT molecular complexity index is 653. The standard InChI is InChI=1S/C19H21NO4/c1-21-16-6-8-17(9-7-16)24-13-10-20(14-18-4-2-11-22-18)15-19-5-3-12-23-19/h2-9,11-12H,10,13-15H2,1H3. The van der Waals surface area contributed by atoms with Crippen molar-refractivity contribution in [3.63, 3.8) is 0 Å². The summed E-state index contributed by atoms with van der Waals surface area (Å²) in [6, 6.07) is 15.3. The summed E-state index contributed by atoms with van der Waals surface area (Å²) in [7, 11) is 1.65. The van der Waals surface area contributed by atoms with Crippen LogP contribution in [0.25, 0.3) is 0 Å². The van der Waals surface area contributed by atoms with Crippen molar-refractivity contribution in [3.05, 3.63) is 72.6 Å². The molecule has 0 radical (unpaired) electrons. The Morgan fingerprint density at radius 3 is 1.92 bits per heavy atom. The van der Waals surface area contributed by atoms with E-state index in [-0.39, 0.29) is 0 Å². The van der Waals surface area contributed by atoms with E-state index in [2.05, 4.69) is 4.90 Å². The van der Waals surface area contributed by atoms with Crippen LogP contribution in [0, 0.1) is 0 Å². The van der Waals surface area contributed by atoms with Crippen molar-refractivity contribution in [1.82, 2.24) is 4.90 Å². The van der Waals surface area contributed by atoms with Gasteiger partial charge in [-0.1, -0.05) is 0 Å². The third kappa shape index (κ3) is 4.67. The fraction of sp³-hybridized carbons (Fsp3) is 0.263. The van der Waals surface area contributed by atoms with Crippen molar-refractivity contribution >= 4 is 0 Å². The summed E-state index contributed by atoms with van der Waals surface area (Å²) in [5, 5.41) is 0. The van der Waals surface area contributed by atoms with Crippen LogP contribution in [-0.2, 0) is 13.1 Å². The topological polar surface area (TPSA) is 48.0 Å². The van der Waals surface area contributed by atoms with Crippen LogP contribution in [0.3, 0.4) is 0 Å². The van der Waals surface area contributed by atoms with E-state index in [1.54, 1.807) is 19.6 Å².